The van der Waals surface area contributed by atoms with Crippen molar-refractivity contribution in [3.8, 4) is 5.88 Å². The van der Waals surface area contributed by atoms with Gasteiger partial charge in [0.1, 0.15) is 0 Å². The van der Waals surface area contributed by atoms with E-state index in [0.717, 1.165) is 37.2 Å². The van der Waals surface area contributed by atoms with Crippen LogP contribution in [-0.2, 0) is 11.3 Å². The first-order valence-corrected chi connectivity index (χ1v) is 8.25. The van der Waals surface area contributed by atoms with E-state index in [1.807, 2.05) is 37.3 Å². The van der Waals surface area contributed by atoms with E-state index >= 15 is 0 Å². The summed E-state index contributed by atoms with van der Waals surface area (Å²) in [5.41, 5.74) is 1.90. The molecule has 0 aliphatic carbocycles. The van der Waals surface area contributed by atoms with E-state index in [1.54, 1.807) is 6.07 Å². The molecule has 1 aromatic carbocycles. The predicted molar refractivity (Wildman–Crippen MR) is 92.0 cm³/mol. The maximum atomic E-state index is 11.9. The zero-order valence-electron chi connectivity index (χ0n) is 13.9. The highest BCUT2D eigenvalue weighted by Gasteiger charge is 2.16. The third-order valence-corrected chi connectivity index (χ3v) is 3.89. The van der Waals surface area contributed by atoms with Crippen molar-refractivity contribution in [2.75, 3.05) is 24.6 Å². The number of hydrogen-bond donors (Lipinski definition) is 1. The van der Waals surface area contributed by atoms with Gasteiger partial charge in [-0.3, -0.25) is 4.79 Å². The molecule has 3 rings (SSSR count). The Hall–Kier alpha value is -2.63. The molecule has 0 unspecified atom stereocenters. The van der Waals surface area contributed by atoms with Gasteiger partial charge < -0.3 is 15.0 Å². The van der Waals surface area contributed by atoms with Crippen molar-refractivity contribution in [3.05, 3.63) is 47.7 Å². The van der Waals surface area contributed by atoms with Crippen LogP contribution in [0.2, 0.25) is 0 Å². The Morgan fingerprint density at radius 2 is 1.96 bits per heavy atom. The van der Waals surface area contributed by atoms with Gasteiger partial charge in [0.05, 0.1) is 0 Å². The van der Waals surface area contributed by atoms with E-state index < -0.39 is 0 Å². The second kappa shape index (κ2) is 7.77. The topological polar surface area (TPSA) is 67.3 Å². The van der Waals surface area contributed by atoms with Crippen LogP contribution in [0.5, 0.6) is 5.88 Å². The third kappa shape index (κ3) is 4.44. The summed E-state index contributed by atoms with van der Waals surface area (Å²) in [6, 6.07) is 11.5. The van der Waals surface area contributed by atoms with Gasteiger partial charge in [0, 0.05) is 31.4 Å². The number of carbonyl (C=O) groups is 1. The molecule has 2 aromatic rings. The number of anilines is 1. The predicted octanol–water partition coefficient (Wildman–Crippen LogP) is 2.08. The number of aryl methyl sites for hydroxylation is 1. The Morgan fingerprint density at radius 3 is 2.71 bits per heavy atom. The molecule has 0 spiro atoms. The molecule has 6 nitrogen and oxygen atoms in total. The zero-order valence-corrected chi connectivity index (χ0v) is 13.9. The molecular formula is C18H22N4O2. The van der Waals surface area contributed by atoms with Gasteiger partial charge in [0.15, 0.2) is 6.61 Å². The minimum Gasteiger partial charge on any atom is -0.467 e. The van der Waals surface area contributed by atoms with Gasteiger partial charge in [-0.15, -0.1) is 0 Å². The molecule has 2 heterocycles. The highest BCUT2D eigenvalue weighted by Crippen LogP contribution is 2.19. The SMILES string of the molecule is Cc1cc(OCC(=O)NCc2ccccc2)nc(N2CCCC2)n1. The summed E-state index contributed by atoms with van der Waals surface area (Å²) in [6.45, 7) is 4.29. The summed E-state index contributed by atoms with van der Waals surface area (Å²) in [4.78, 5) is 22.9. The largest absolute Gasteiger partial charge is 0.467 e. The number of nitrogens with one attached hydrogen (secondary N) is 1. The minimum atomic E-state index is -0.169. The molecule has 126 valence electrons. The molecule has 0 bridgehead atoms. The molecule has 0 radical (unpaired) electrons. The van der Waals surface area contributed by atoms with Crippen LogP contribution in [-0.4, -0.2) is 35.6 Å². The fraction of sp³-hybridized carbons (Fsp3) is 0.389. The third-order valence-electron chi connectivity index (χ3n) is 3.89. The lowest BCUT2D eigenvalue weighted by atomic mass is 10.2. The van der Waals surface area contributed by atoms with E-state index in [2.05, 4.69) is 20.2 Å². The highest BCUT2D eigenvalue weighted by atomic mass is 16.5. The number of carbonyl (C=O) groups excluding carboxylic acids is 1. The summed E-state index contributed by atoms with van der Waals surface area (Å²) in [6.07, 6.45) is 2.32. The van der Waals surface area contributed by atoms with Crippen LogP contribution in [0.1, 0.15) is 24.1 Å². The van der Waals surface area contributed by atoms with E-state index in [1.165, 1.54) is 0 Å². The number of rotatable bonds is 6. The van der Waals surface area contributed by atoms with Crippen molar-refractivity contribution in [3.63, 3.8) is 0 Å². The number of benzene rings is 1. The number of ether oxygens (including phenoxy) is 1. The highest BCUT2D eigenvalue weighted by molar-refractivity contribution is 5.77. The molecule has 1 N–H and O–H groups in total. The Bertz CT molecular complexity index is 685. The van der Waals surface area contributed by atoms with Gasteiger partial charge in [-0.2, -0.15) is 4.98 Å². The van der Waals surface area contributed by atoms with E-state index in [-0.39, 0.29) is 12.5 Å². The van der Waals surface area contributed by atoms with E-state index in [9.17, 15) is 4.79 Å². The fourth-order valence-electron chi connectivity index (χ4n) is 2.64. The van der Waals surface area contributed by atoms with Crippen molar-refractivity contribution in [1.82, 2.24) is 15.3 Å². The Kier molecular flexibility index (Phi) is 5.25. The maximum absolute atomic E-state index is 11.9. The Labute approximate surface area is 141 Å². The number of nitrogens with zero attached hydrogens (tertiary/aromatic N) is 3. The minimum absolute atomic E-state index is 0.0529. The molecule has 1 saturated heterocycles. The van der Waals surface area contributed by atoms with Crippen LogP contribution < -0.4 is 15.0 Å². The lowest BCUT2D eigenvalue weighted by Crippen LogP contribution is -2.28. The summed E-state index contributed by atoms with van der Waals surface area (Å²) < 4.78 is 5.55. The standard InChI is InChI=1S/C18H22N4O2/c1-14-11-17(21-18(20-14)22-9-5-6-10-22)24-13-16(23)19-12-15-7-3-2-4-8-15/h2-4,7-8,11H,5-6,9-10,12-13H2,1H3,(H,19,23). The Balaban J connectivity index is 1.53. The van der Waals surface area contributed by atoms with Gasteiger partial charge in [0.2, 0.25) is 11.8 Å². The summed E-state index contributed by atoms with van der Waals surface area (Å²) in [5.74, 6) is 0.962. The molecule has 24 heavy (non-hydrogen) atoms. The van der Waals surface area contributed by atoms with Crippen molar-refractivity contribution in [2.45, 2.75) is 26.3 Å². The van der Waals surface area contributed by atoms with Crippen molar-refractivity contribution in [2.24, 2.45) is 0 Å². The van der Waals surface area contributed by atoms with Crippen molar-refractivity contribution < 1.29 is 9.53 Å². The molecular weight excluding hydrogens is 304 g/mol. The average Bonchev–Trinajstić information content (AvgIpc) is 3.13. The summed E-state index contributed by atoms with van der Waals surface area (Å²) in [5, 5.41) is 2.84. The lowest BCUT2D eigenvalue weighted by Gasteiger charge is -2.16. The molecule has 1 amide bonds. The van der Waals surface area contributed by atoms with E-state index in [0.29, 0.717) is 18.4 Å². The smallest absolute Gasteiger partial charge is 0.258 e. The van der Waals surface area contributed by atoms with Crippen molar-refractivity contribution in [1.29, 1.82) is 0 Å². The second-order valence-corrected chi connectivity index (χ2v) is 5.89. The molecule has 1 aliphatic rings. The van der Waals surface area contributed by atoms with E-state index in [4.69, 9.17) is 4.74 Å². The van der Waals surface area contributed by atoms with Gasteiger partial charge in [-0.25, -0.2) is 4.98 Å². The quantitative estimate of drug-likeness (QED) is 0.880. The van der Waals surface area contributed by atoms with Crippen molar-refractivity contribution >= 4 is 11.9 Å². The molecule has 0 saturated carbocycles. The van der Waals surface area contributed by atoms with Crippen LogP contribution in [0.3, 0.4) is 0 Å². The van der Waals surface area contributed by atoms with Crippen LogP contribution in [0.15, 0.2) is 36.4 Å². The second-order valence-electron chi connectivity index (χ2n) is 5.89. The Morgan fingerprint density at radius 1 is 1.21 bits per heavy atom. The van der Waals surface area contributed by atoms with Crippen LogP contribution >= 0.6 is 0 Å². The lowest BCUT2D eigenvalue weighted by molar-refractivity contribution is -0.123. The fourth-order valence-corrected chi connectivity index (χ4v) is 2.64. The molecule has 1 aromatic heterocycles. The maximum Gasteiger partial charge on any atom is 0.258 e. The summed E-state index contributed by atoms with van der Waals surface area (Å²) in [7, 11) is 0. The van der Waals surface area contributed by atoms with Gasteiger partial charge in [0.25, 0.3) is 5.91 Å². The molecule has 1 fully saturated rings. The monoisotopic (exact) mass is 326 g/mol. The molecule has 1 aliphatic heterocycles. The van der Waals surface area contributed by atoms with Gasteiger partial charge in [-0.1, -0.05) is 30.3 Å². The number of hydrogen-bond acceptors (Lipinski definition) is 5. The van der Waals surface area contributed by atoms with Gasteiger partial charge in [-0.05, 0) is 25.3 Å². The van der Waals surface area contributed by atoms with Gasteiger partial charge >= 0.3 is 0 Å². The van der Waals surface area contributed by atoms with Crippen LogP contribution in [0.4, 0.5) is 5.95 Å². The first kappa shape index (κ1) is 16.2. The van der Waals surface area contributed by atoms with Crippen LogP contribution in [0, 0.1) is 6.92 Å². The summed E-state index contributed by atoms with van der Waals surface area (Å²) >= 11 is 0. The number of aromatic nitrogens is 2. The average molecular weight is 326 g/mol. The zero-order chi connectivity index (χ0) is 16.8. The van der Waals surface area contributed by atoms with Crippen LogP contribution in [0.25, 0.3) is 0 Å². The first-order valence-electron chi connectivity index (χ1n) is 8.25. The number of amides is 1. The first-order chi connectivity index (χ1) is 11.7. The normalized spacial score (nSPS) is 13.8. The molecule has 6 heteroatoms. The molecule has 0 atom stereocenters.